The highest BCUT2D eigenvalue weighted by Gasteiger charge is 2.50. The highest BCUT2D eigenvalue weighted by atomic mass is 16.2. The van der Waals surface area contributed by atoms with Gasteiger partial charge in [-0.3, -0.25) is 38.7 Å². The van der Waals surface area contributed by atoms with Gasteiger partial charge >= 0.3 is 0 Å². The summed E-state index contributed by atoms with van der Waals surface area (Å²) in [5, 5.41) is 12.6. The molecule has 12 atom stereocenters. The Morgan fingerprint density at radius 3 is 1.22 bits per heavy atom. The summed E-state index contributed by atoms with van der Waals surface area (Å²) < 4.78 is 0. The smallest absolute Gasteiger partial charge is 0.253 e. The molecule has 352 valence electrons. The van der Waals surface area contributed by atoms with Crippen LogP contribution in [0.1, 0.15) is 92.3 Å². The van der Waals surface area contributed by atoms with Crippen molar-refractivity contribution in [2.24, 2.45) is 29.6 Å². The van der Waals surface area contributed by atoms with E-state index >= 15 is 0 Å². The molecule has 0 radical (unpaired) electrons. The summed E-state index contributed by atoms with van der Waals surface area (Å²) in [7, 11) is 0. The van der Waals surface area contributed by atoms with E-state index in [1.807, 2.05) is 60.7 Å². The maximum atomic E-state index is 14.2. The first-order valence-corrected chi connectivity index (χ1v) is 24.4. The SMILES string of the molecule is O=C(NC[C@H]1C[C@@H]1c1ccccc1)[C@@H]1CN(C(=O)c2ccc(C(=O)N3C[C@@H](C(=O)NC4C[C@@H]4c4cccnc4)[C@H](C(=O)N[C@H]4C[C@@H]4c4cccnc4)C3)cc2)C[C@H]1C(=O)N[C@H]1C[C@@H]1c1ccccc1. The lowest BCUT2D eigenvalue weighted by atomic mass is 9.94. The number of hydrogen-bond donors (Lipinski definition) is 4. The minimum atomic E-state index is -0.760. The van der Waals surface area contributed by atoms with Gasteiger partial charge in [0.2, 0.25) is 23.6 Å². The lowest BCUT2D eigenvalue weighted by Gasteiger charge is -2.18. The van der Waals surface area contributed by atoms with E-state index in [9.17, 15) is 28.8 Å². The number of aromatic nitrogens is 2. The molecule has 5 aromatic rings. The molecule has 14 nitrogen and oxygen atoms in total. The normalized spacial score (nSPS) is 29.3. The molecule has 3 aromatic carbocycles. The second-order valence-electron chi connectivity index (χ2n) is 20.0. The van der Waals surface area contributed by atoms with Gasteiger partial charge in [-0.2, -0.15) is 0 Å². The van der Waals surface area contributed by atoms with Gasteiger partial charge in [-0.1, -0.05) is 72.8 Å². The van der Waals surface area contributed by atoms with Gasteiger partial charge in [-0.15, -0.1) is 0 Å². The zero-order chi connectivity index (χ0) is 47.2. The summed E-state index contributed by atoms with van der Waals surface area (Å²) in [6, 6.07) is 34.2. The van der Waals surface area contributed by atoms with Gasteiger partial charge in [0.15, 0.2) is 0 Å². The summed E-state index contributed by atoms with van der Waals surface area (Å²) in [6.45, 7) is 0.783. The van der Waals surface area contributed by atoms with Gasteiger partial charge in [0.1, 0.15) is 0 Å². The topological polar surface area (TPSA) is 183 Å². The molecule has 0 spiro atoms. The van der Waals surface area contributed by atoms with Gasteiger partial charge in [-0.25, -0.2) is 0 Å². The molecule has 4 heterocycles. The summed E-state index contributed by atoms with van der Waals surface area (Å²) in [4.78, 5) is 95.8. The predicted octanol–water partition coefficient (Wildman–Crippen LogP) is 4.79. The summed E-state index contributed by atoms with van der Waals surface area (Å²) in [5.74, 6) is -3.47. The molecule has 2 saturated heterocycles. The largest absolute Gasteiger partial charge is 0.355 e. The third-order valence-corrected chi connectivity index (χ3v) is 15.4. The lowest BCUT2D eigenvalue weighted by Crippen LogP contribution is -2.43. The average Bonchev–Trinajstić information content (AvgIpc) is 4.31. The quantitative estimate of drug-likeness (QED) is 0.116. The Morgan fingerprint density at radius 2 is 0.812 bits per heavy atom. The molecule has 6 fully saturated rings. The molecular formula is C55H56N8O6. The van der Waals surface area contributed by atoms with Crippen molar-refractivity contribution in [2.45, 2.75) is 67.5 Å². The Labute approximate surface area is 401 Å². The Balaban J connectivity index is 0.749. The fourth-order valence-corrected chi connectivity index (χ4v) is 11.0. The molecule has 2 aromatic heterocycles. The number of pyridine rings is 2. The van der Waals surface area contributed by atoms with Gasteiger partial charge in [-0.05, 0) is 96.2 Å². The third kappa shape index (κ3) is 9.62. The van der Waals surface area contributed by atoms with Crippen molar-refractivity contribution < 1.29 is 28.8 Å². The van der Waals surface area contributed by atoms with E-state index in [1.54, 1.807) is 58.9 Å². The minimum Gasteiger partial charge on any atom is -0.355 e. The van der Waals surface area contributed by atoms with Crippen LogP contribution >= 0.6 is 0 Å². The molecule has 69 heavy (non-hydrogen) atoms. The monoisotopic (exact) mass is 924 g/mol. The highest BCUT2D eigenvalue weighted by Crippen LogP contribution is 2.47. The number of nitrogens with one attached hydrogen (secondary N) is 4. The van der Waals surface area contributed by atoms with E-state index in [2.05, 4.69) is 55.5 Å². The van der Waals surface area contributed by atoms with Crippen LogP contribution in [0, 0.1) is 29.6 Å². The fourth-order valence-electron chi connectivity index (χ4n) is 11.0. The average molecular weight is 925 g/mol. The Hall–Kier alpha value is -7.22. The molecule has 4 aliphatic carbocycles. The molecule has 11 rings (SSSR count). The van der Waals surface area contributed by atoms with Gasteiger partial charge in [0.05, 0.1) is 23.7 Å². The van der Waals surface area contributed by atoms with Crippen LogP contribution in [-0.2, 0) is 19.2 Å². The molecule has 14 heteroatoms. The number of amides is 6. The molecule has 2 aliphatic heterocycles. The number of carbonyl (C=O) groups excluding carboxylic acids is 6. The van der Waals surface area contributed by atoms with E-state index < -0.39 is 23.7 Å². The molecule has 4 saturated carbocycles. The zero-order valence-electron chi connectivity index (χ0n) is 38.2. The molecule has 4 N–H and O–H groups in total. The van der Waals surface area contributed by atoms with E-state index in [1.165, 1.54) is 5.56 Å². The van der Waals surface area contributed by atoms with Crippen molar-refractivity contribution in [3.05, 3.63) is 167 Å². The number of carbonyl (C=O) groups is 6. The van der Waals surface area contributed by atoms with Crippen molar-refractivity contribution in [3.63, 3.8) is 0 Å². The number of benzene rings is 3. The first kappa shape index (κ1) is 44.3. The number of hydrogen-bond acceptors (Lipinski definition) is 8. The van der Waals surface area contributed by atoms with Crippen molar-refractivity contribution in [2.75, 3.05) is 32.7 Å². The maximum Gasteiger partial charge on any atom is 0.253 e. The van der Waals surface area contributed by atoms with Crippen LogP contribution in [0.5, 0.6) is 0 Å². The van der Waals surface area contributed by atoms with Crippen LogP contribution < -0.4 is 21.3 Å². The fraction of sp³-hybridized carbons (Fsp3) is 0.382. The molecule has 0 bridgehead atoms. The standard InChI is InChI=1S/C55H56N8O6/c64-50(58-27-38-21-39(38)32-9-3-1-4-10-32)43-28-62(29-44(43)51(65)59-47-22-40(47)33-11-5-2-6-12-33)54(68)34-15-17-35(18-16-34)55(69)63-30-45(52(66)60-48-23-41(48)36-13-7-19-56-25-36)46(31-63)53(67)61-49-24-42(49)37-14-8-20-57-26-37/h1-20,25-26,38-49H,21-24,27-31H2,(H,58,64)(H,59,65)(H,60,66)(H,61,67)/t38-,39-,40-,41-,42-,43-,44-,45-,46-,47+,48+,49?/m1/s1. The zero-order valence-corrected chi connectivity index (χ0v) is 38.2. The van der Waals surface area contributed by atoms with E-state index in [4.69, 9.17) is 0 Å². The summed E-state index contributed by atoms with van der Waals surface area (Å²) >= 11 is 0. The second kappa shape index (κ2) is 18.7. The molecular weight excluding hydrogens is 869 g/mol. The van der Waals surface area contributed by atoms with E-state index in [0.29, 0.717) is 29.5 Å². The highest BCUT2D eigenvalue weighted by molar-refractivity contribution is 6.00. The lowest BCUT2D eigenvalue weighted by molar-refractivity contribution is -0.133. The van der Waals surface area contributed by atoms with Crippen LogP contribution in [0.3, 0.4) is 0 Å². The molecule has 6 amide bonds. The first-order chi connectivity index (χ1) is 33.7. The third-order valence-electron chi connectivity index (χ3n) is 15.4. The van der Waals surface area contributed by atoms with Crippen LogP contribution in [0.2, 0.25) is 0 Å². The first-order valence-electron chi connectivity index (χ1n) is 24.4. The van der Waals surface area contributed by atoms with Gasteiger partial charge < -0.3 is 31.1 Å². The van der Waals surface area contributed by atoms with E-state index in [-0.39, 0.29) is 97.5 Å². The van der Waals surface area contributed by atoms with Crippen LogP contribution in [0.25, 0.3) is 0 Å². The van der Waals surface area contributed by atoms with Crippen molar-refractivity contribution in [3.8, 4) is 0 Å². The van der Waals surface area contributed by atoms with Crippen molar-refractivity contribution >= 4 is 35.4 Å². The van der Waals surface area contributed by atoms with Gasteiger partial charge in [0.25, 0.3) is 11.8 Å². The van der Waals surface area contributed by atoms with Gasteiger partial charge in [0, 0.05) is 105 Å². The Bertz CT molecular complexity index is 2650. The molecule has 1 unspecified atom stereocenters. The summed E-state index contributed by atoms with van der Waals surface area (Å²) in [5.41, 5.74) is 5.14. The van der Waals surface area contributed by atoms with Crippen LogP contribution in [0.4, 0.5) is 0 Å². The number of rotatable bonds is 15. The minimum absolute atomic E-state index is 0.0348. The second-order valence-corrected chi connectivity index (χ2v) is 20.0. The maximum absolute atomic E-state index is 14.2. The Morgan fingerprint density at radius 1 is 0.435 bits per heavy atom. The predicted molar refractivity (Wildman–Crippen MR) is 255 cm³/mol. The molecule has 6 aliphatic rings. The van der Waals surface area contributed by atoms with Crippen LogP contribution in [-0.4, -0.2) is 106 Å². The number of nitrogens with zero attached hydrogens (tertiary/aromatic N) is 4. The van der Waals surface area contributed by atoms with Crippen molar-refractivity contribution in [1.82, 2.24) is 41.0 Å². The van der Waals surface area contributed by atoms with E-state index in [0.717, 1.165) is 42.4 Å². The van der Waals surface area contributed by atoms with Crippen LogP contribution in [0.15, 0.2) is 134 Å². The van der Waals surface area contributed by atoms with Crippen molar-refractivity contribution in [1.29, 1.82) is 0 Å². The number of likely N-dealkylation sites (tertiary alicyclic amines) is 2. The Kier molecular flexibility index (Phi) is 12.0. The summed E-state index contributed by atoms with van der Waals surface area (Å²) in [6.07, 6.45) is 10.4.